The molecule has 1 aliphatic rings. The normalized spacial score (nSPS) is 22.2. The fourth-order valence-electron chi connectivity index (χ4n) is 3.10. The standard InChI is InChI=1S/C16H26N2O/c1-3-16(14-6-8-15(19-2)9-7-14)18-10-4-5-13(11-17)12-18/h6-9,13,16H,3-5,10-12,17H2,1-2H3. The fourth-order valence-corrected chi connectivity index (χ4v) is 3.10. The van der Waals surface area contributed by atoms with Gasteiger partial charge in [0.2, 0.25) is 0 Å². The number of nitrogens with two attached hydrogens (primary N) is 1. The van der Waals surface area contributed by atoms with Crippen molar-refractivity contribution in [3.8, 4) is 5.75 Å². The van der Waals surface area contributed by atoms with Crippen LogP contribution in [0.2, 0.25) is 0 Å². The first-order chi connectivity index (χ1) is 9.28. The summed E-state index contributed by atoms with van der Waals surface area (Å²) in [6, 6.07) is 9.02. The minimum absolute atomic E-state index is 0.514. The zero-order valence-corrected chi connectivity index (χ0v) is 12.1. The van der Waals surface area contributed by atoms with Crippen LogP contribution in [0.3, 0.4) is 0 Å². The molecule has 0 saturated carbocycles. The Kier molecular flexibility index (Phi) is 5.23. The third kappa shape index (κ3) is 3.48. The molecule has 19 heavy (non-hydrogen) atoms. The molecule has 0 spiro atoms. The topological polar surface area (TPSA) is 38.5 Å². The maximum atomic E-state index is 5.84. The van der Waals surface area contributed by atoms with Gasteiger partial charge in [0.05, 0.1) is 7.11 Å². The highest BCUT2D eigenvalue weighted by molar-refractivity contribution is 5.29. The van der Waals surface area contributed by atoms with E-state index < -0.39 is 0 Å². The Hall–Kier alpha value is -1.06. The average Bonchev–Trinajstić information content (AvgIpc) is 2.49. The van der Waals surface area contributed by atoms with E-state index in [1.807, 2.05) is 0 Å². The first-order valence-corrected chi connectivity index (χ1v) is 7.36. The van der Waals surface area contributed by atoms with Crippen molar-refractivity contribution in [3.05, 3.63) is 29.8 Å². The molecule has 106 valence electrons. The van der Waals surface area contributed by atoms with Crippen LogP contribution < -0.4 is 10.5 Å². The Morgan fingerprint density at radius 3 is 2.68 bits per heavy atom. The zero-order valence-electron chi connectivity index (χ0n) is 12.1. The van der Waals surface area contributed by atoms with Crippen LogP contribution in [0.4, 0.5) is 0 Å². The molecule has 0 radical (unpaired) electrons. The SMILES string of the molecule is CCC(c1ccc(OC)cc1)N1CCCC(CN)C1. The summed E-state index contributed by atoms with van der Waals surface area (Å²) < 4.78 is 5.23. The molecule has 1 heterocycles. The molecule has 2 N–H and O–H groups in total. The summed E-state index contributed by atoms with van der Waals surface area (Å²) in [5.74, 6) is 1.60. The predicted molar refractivity (Wildman–Crippen MR) is 79.4 cm³/mol. The van der Waals surface area contributed by atoms with Gasteiger partial charge in [-0.2, -0.15) is 0 Å². The van der Waals surface area contributed by atoms with Gasteiger partial charge in [0.1, 0.15) is 5.75 Å². The largest absolute Gasteiger partial charge is 0.497 e. The van der Waals surface area contributed by atoms with Gasteiger partial charge in [-0.05, 0) is 56.0 Å². The number of hydrogen-bond acceptors (Lipinski definition) is 3. The summed E-state index contributed by atoms with van der Waals surface area (Å²) in [5, 5.41) is 0. The van der Waals surface area contributed by atoms with Gasteiger partial charge < -0.3 is 10.5 Å². The maximum absolute atomic E-state index is 5.84. The molecule has 3 heteroatoms. The Labute approximate surface area is 116 Å². The van der Waals surface area contributed by atoms with Crippen molar-refractivity contribution in [2.45, 2.75) is 32.2 Å². The summed E-state index contributed by atoms with van der Waals surface area (Å²) >= 11 is 0. The highest BCUT2D eigenvalue weighted by atomic mass is 16.5. The van der Waals surface area contributed by atoms with Crippen molar-refractivity contribution in [3.63, 3.8) is 0 Å². The van der Waals surface area contributed by atoms with Gasteiger partial charge in [0.25, 0.3) is 0 Å². The van der Waals surface area contributed by atoms with Crippen molar-refractivity contribution < 1.29 is 4.74 Å². The van der Waals surface area contributed by atoms with Crippen molar-refractivity contribution in [2.24, 2.45) is 11.7 Å². The lowest BCUT2D eigenvalue weighted by atomic mass is 9.94. The molecule has 3 nitrogen and oxygen atoms in total. The van der Waals surface area contributed by atoms with Crippen LogP contribution >= 0.6 is 0 Å². The van der Waals surface area contributed by atoms with Crippen molar-refractivity contribution in [1.29, 1.82) is 0 Å². The second-order valence-electron chi connectivity index (χ2n) is 5.44. The fraction of sp³-hybridized carbons (Fsp3) is 0.625. The van der Waals surface area contributed by atoms with Crippen LogP contribution in [0.1, 0.15) is 37.8 Å². The number of hydrogen-bond donors (Lipinski definition) is 1. The number of piperidine rings is 1. The quantitative estimate of drug-likeness (QED) is 0.887. The zero-order chi connectivity index (χ0) is 13.7. The lowest BCUT2D eigenvalue weighted by molar-refractivity contribution is 0.122. The number of likely N-dealkylation sites (tertiary alicyclic amines) is 1. The van der Waals surface area contributed by atoms with Gasteiger partial charge in [0.15, 0.2) is 0 Å². The molecule has 1 aliphatic heterocycles. The van der Waals surface area contributed by atoms with Crippen LogP contribution in [0, 0.1) is 5.92 Å². The molecule has 2 rings (SSSR count). The number of methoxy groups -OCH3 is 1. The van der Waals surface area contributed by atoms with Crippen LogP contribution in [0.25, 0.3) is 0 Å². The first-order valence-electron chi connectivity index (χ1n) is 7.36. The van der Waals surface area contributed by atoms with E-state index >= 15 is 0 Å². The molecular weight excluding hydrogens is 236 g/mol. The minimum atomic E-state index is 0.514. The molecule has 0 aromatic heterocycles. The van der Waals surface area contributed by atoms with E-state index in [4.69, 9.17) is 10.5 Å². The van der Waals surface area contributed by atoms with Crippen molar-refractivity contribution in [2.75, 3.05) is 26.7 Å². The second kappa shape index (κ2) is 6.92. The molecule has 0 bridgehead atoms. The van der Waals surface area contributed by atoms with Gasteiger partial charge in [0, 0.05) is 12.6 Å². The number of ether oxygens (including phenoxy) is 1. The summed E-state index contributed by atoms with van der Waals surface area (Å²) in [6.45, 7) is 5.42. The van der Waals surface area contributed by atoms with E-state index in [0.717, 1.165) is 25.3 Å². The number of benzene rings is 1. The van der Waals surface area contributed by atoms with Gasteiger partial charge in [-0.3, -0.25) is 4.90 Å². The van der Waals surface area contributed by atoms with Gasteiger partial charge in [-0.1, -0.05) is 19.1 Å². The van der Waals surface area contributed by atoms with Gasteiger partial charge in [-0.25, -0.2) is 0 Å². The van der Waals surface area contributed by atoms with Gasteiger partial charge in [-0.15, -0.1) is 0 Å². The second-order valence-corrected chi connectivity index (χ2v) is 5.44. The Balaban J connectivity index is 2.09. The number of nitrogens with zero attached hydrogens (tertiary/aromatic N) is 1. The lowest BCUT2D eigenvalue weighted by Gasteiger charge is -2.38. The summed E-state index contributed by atoms with van der Waals surface area (Å²) in [7, 11) is 1.71. The van der Waals surface area contributed by atoms with Crippen LogP contribution in [0.5, 0.6) is 5.75 Å². The van der Waals surface area contributed by atoms with E-state index in [0.29, 0.717) is 12.0 Å². The summed E-state index contributed by atoms with van der Waals surface area (Å²) in [4.78, 5) is 2.60. The number of rotatable bonds is 5. The van der Waals surface area contributed by atoms with Crippen LogP contribution in [-0.2, 0) is 0 Å². The lowest BCUT2D eigenvalue weighted by Crippen LogP contribution is -2.40. The van der Waals surface area contributed by atoms with Crippen molar-refractivity contribution >= 4 is 0 Å². The molecule has 2 atom stereocenters. The van der Waals surface area contributed by atoms with Crippen LogP contribution in [0.15, 0.2) is 24.3 Å². The molecular formula is C16H26N2O. The Morgan fingerprint density at radius 2 is 2.11 bits per heavy atom. The highest BCUT2D eigenvalue weighted by Gasteiger charge is 2.25. The minimum Gasteiger partial charge on any atom is -0.497 e. The van der Waals surface area contributed by atoms with Gasteiger partial charge >= 0.3 is 0 Å². The van der Waals surface area contributed by atoms with E-state index in [1.54, 1.807) is 7.11 Å². The molecule has 1 fully saturated rings. The molecule has 1 aromatic rings. The summed E-state index contributed by atoms with van der Waals surface area (Å²) in [6.07, 6.45) is 3.70. The molecule has 1 saturated heterocycles. The molecule has 2 unspecified atom stereocenters. The Morgan fingerprint density at radius 1 is 1.37 bits per heavy atom. The van der Waals surface area contributed by atoms with E-state index in [9.17, 15) is 0 Å². The third-order valence-corrected chi connectivity index (χ3v) is 4.21. The summed E-state index contributed by atoms with van der Waals surface area (Å²) in [5.41, 5.74) is 7.23. The molecule has 1 aromatic carbocycles. The third-order valence-electron chi connectivity index (χ3n) is 4.21. The average molecular weight is 262 g/mol. The van der Waals surface area contributed by atoms with E-state index in [1.165, 1.54) is 24.9 Å². The first kappa shape index (κ1) is 14.4. The smallest absolute Gasteiger partial charge is 0.118 e. The monoisotopic (exact) mass is 262 g/mol. The highest BCUT2D eigenvalue weighted by Crippen LogP contribution is 2.29. The van der Waals surface area contributed by atoms with E-state index in [-0.39, 0.29) is 0 Å². The van der Waals surface area contributed by atoms with E-state index in [2.05, 4.69) is 36.1 Å². The Bertz CT molecular complexity index is 377. The maximum Gasteiger partial charge on any atom is 0.118 e. The molecule has 0 aliphatic carbocycles. The van der Waals surface area contributed by atoms with Crippen molar-refractivity contribution in [1.82, 2.24) is 4.90 Å². The molecule has 0 amide bonds. The van der Waals surface area contributed by atoms with Crippen LogP contribution in [-0.4, -0.2) is 31.6 Å². The predicted octanol–water partition coefficient (Wildman–Crippen LogP) is 2.82.